The zero-order chi connectivity index (χ0) is 22.5. The Kier molecular flexibility index (Phi) is 21.8. The van der Waals surface area contributed by atoms with Crippen LogP contribution in [0, 0.1) is 0 Å². The zero-order valence-corrected chi connectivity index (χ0v) is 20.6. The van der Waals surface area contributed by atoms with Crippen LogP contribution in [0.4, 0.5) is 0 Å². The lowest BCUT2D eigenvalue weighted by atomic mass is 10.1. The van der Waals surface area contributed by atoms with Crippen molar-refractivity contribution in [2.75, 3.05) is 52.7 Å². The van der Waals surface area contributed by atoms with Crippen molar-refractivity contribution < 1.29 is 24.1 Å². The first-order chi connectivity index (χ1) is 14.6. The summed E-state index contributed by atoms with van der Waals surface area (Å²) in [7, 11) is 0. The molecule has 30 heavy (non-hydrogen) atoms. The lowest BCUT2D eigenvalue weighted by Gasteiger charge is -2.37. The fraction of sp³-hybridized carbons (Fsp3) is 1.00. The van der Waals surface area contributed by atoms with Gasteiger partial charge in [0.25, 0.3) is 0 Å². The molecule has 0 aliphatic rings. The van der Waals surface area contributed by atoms with Gasteiger partial charge >= 0.3 is 0 Å². The summed E-state index contributed by atoms with van der Waals surface area (Å²) < 4.78 is 24.2. The summed E-state index contributed by atoms with van der Waals surface area (Å²) in [5, 5.41) is 9.73. The van der Waals surface area contributed by atoms with E-state index in [0.29, 0.717) is 32.9 Å². The van der Waals surface area contributed by atoms with E-state index in [1.165, 1.54) is 0 Å². The Balaban J connectivity index is 5.11. The molecular weight excluding hydrogens is 382 g/mol. The van der Waals surface area contributed by atoms with Gasteiger partial charge in [-0.3, -0.25) is 4.90 Å². The highest BCUT2D eigenvalue weighted by atomic mass is 16.7. The first-order valence-corrected chi connectivity index (χ1v) is 12.4. The predicted molar refractivity (Wildman–Crippen MR) is 124 cm³/mol. The Morgan fingerprint density at radius 1 is 0.733 bits per heavy atom. The van der Waals surface area contributed by atoms with Gasteiger partial charge in [0.2, 0.25) is 0 Å². The van der Waals surface area contributed by atoms with Crippen molar-refractivity contribution >= 4 is 0 Å². The maximum atomic E-state index is 9.73. The Labute approximate surface area is 186 Å². The topological polar surface area (TPSA) is 60.4 Å². The smallest absolute Gasteiger partial charge is 0.170 e. The SMILES string of the molecule is CCCCOCC([C@H](C)OCCCC)N(CCO)CC(OCCCC)OCCCC. The average Bonchev–Trinajstić information content (AvgIpc) is 2.73. The average molecular weight is 434 g/mol. The number of unbranched alkanes of at least 4 members (excludes halogenated alkanes) is 4. The third kappa shape index (κ3) is 15.5. The molecule has 1 N–H and O–H groups in total. The second-order valence-corrected chi connectivity index (χ2v) is 8.02. The zero-order valence-electron chi connectivity index (χ0n) is 20.6. The molecule has 0 aliphatic carbocycles. The highest BCUT2D eigenvalue weighted by Crippen LogP contribution is 2.14. The van der Waals surface area contributed by atoms with E-state index < -0.39 is 0 Å². The van der Waals surface area contributed by atoms with Gasteiger partial charge in [-0.1, -0.05) is 53.4 Å². The largest absolute Gasteiger partial charge is 0.395 e. The van der Waals surface area contributed by atoms with E-state index in [-0.39, 0.29) is 25.0 Å². The van der Waals surface area contributed by atoms with Crippen molar-refractivity contribution in [1.82, 2.24) is 4.90 Å². The molecule has 0 bridgehead atoms. The molecule has 0 aromatic rings. The monoisotopic (exact) mass is 433 g/mol. The van der Waals surface area contributed by atoms with Crippen LogP contribution in [-0.4, -0.2) is 81.2 Å². The first-order valence-electron chi connectivity index (χ1n) is 12.4. The summed E-state index contributed by atoms with van der Waals surface area (Å²) in [6.07, 6.45) is 8.29. The predicted octanol–water partition coefficient (Wildman–Crippen LogP) is 4.63. The summed E-state index contributed by atoms with van der Waals surface area (Å²) in [6, 6.07) is 0.0536. The molecule has 0 fully saturated rings. The molecule has 2 atom stereocenters. The van der Waals surface area contributed by atoms with Gasteiger partial charge in [-0.05, 0) is 32.6 Å². The summed E-state index contributed by atoms with van der Waals surface area (Å²) in [4.78, 5) is 2.23. The molecule has 0 heterocycles. The lowest BCUT2D eigenvalue weighted by Crippen LogP contribution is -2.51. The second-order valence-electron chi connectivity index (χ2n) is 8.02. The van der Waals surface area contributed by atoms with Gasteiger partial charge in [0.15, 0.2) is 6.29 Å². The minimum atomic E-state index is -0.296. The minimum Gasteiger partial charge on any atom is -0.395 e. The molecule has 6 heteroatoms. The summed E-state index contributed by atoms with van der Waals surface area (Å²) >= 11 is 0. The summed E-state index contributed by atoms with van der Waals surface area (Å²) in [5.41, 5.74) is 0. The van der Waals surface area contributed by atoms with Crippen LogP contribution in [0.5, 0.6) is 0 Å². The molecule has 0 saturated heterocycles. The Bertz CT molecular complexity index is 336. The molecule has 0 saturated carbocycles. The number of aliphatic hydroxyl groups excluding tert-OH is 1. The molecule has 0 radical (unpaired) electrons. The molecule has 0 spiro atoms. The van der Waals surface area contributed by atoms with E-state index in [2.05, 4.69) is 39.5 Å². The third-order valence-electron chi connectivity index (χ3n) is 5.19. The van der Waals surface area contributed by atoms with Gasteiger partial charge in [-0.2, -0.15) is 0 Å². The number of aliphatic hydroxyl groups is 1. The van der Waals surface area contributed by atoms with Crippen LogP contribution in [0.2, 0.25) is 0 Å². The van der Waals surface area contributed by atoms with Crippen molar-refractivity contribution in [3.63, 3.8) is 0 Å². The molecule has 0 aliphatic heterocycles. The maximum Gasteiger partial charge on any atom is 0.170 e. The fourth-order valence-corrected chi connectivity index (χ4v) is 3.10. The van der Waals surface area contributed by atoms with E-state index in [9.17, 15) is 5.11 Å². The number of hydrogen-bond acceptors (Lipinski definition) is 6. The Morgan fingerprint density at radius 2 is 1.23 bits per heavy atom. The minimum absolute atomic E-state index is 0.0108. The van der Waals surface area contributed by atoms with Gasteiger partial charge in [-0.15, -0.1) is 0 Å². The molecule has 0 amide bonds. The van der Waals surface area contributed by atoms with Crippen molar-refractivity contribution in [2.45, 2.75) is 104 Å². The fourth-order valence-electron chi connectivity index (χ4n) is 3.10. The van der Waals surface area contributed by atoms with Gasteiger partial charge in [0.1, 0.15) is 0 Å². The van der Waals surface area contributed by atoms with Crippen molar-refractivity contribution in [3.8, 4) is 0 Å². The van der Waals surface area contributed by atoms with Gasteiger partial charge in [-0.25, -0.2) is 0 Å². The molecular formula is C24H51NO5. The van der Waals surface area contributed by atoms with Gasteiger partial charge < -0.3 is 24.1 Å². The second kappa shape index (κ2) is 22.0. The van der Waals surface area contributed by atoms with Crippen LogP contribution in [0.15, 0.2) is 0 Å². The number of ether oxygens (including phenoxy) is 4. The highest BCUT2D eigenvalue weighted by molar-refractivity contribution is 4.79. The van der Waals surface area contributed by atoms with E-state index in [0.717, 1.165) is 64.6 Å². The Hall–Kier alpha value is -0.240. The standard InChI is InChI=1S/C24H51NO5/c1-6-10-16-27-21-23(22(5)28-17-11-7-2)25(14-15-26)20-24(29-18-12-8-3)30-19-13-9-4/h22-24,26H,6-21H2,1-5H3/t22-,23?/m0/s1. The lowest BCUT2D eigenvalue weighted by molar-refractivity contribution is -0.165. The van der Waals surface area contributed by atoms with Gasteiger partial charge in [0, 0.05) is 33.0 Å². The van der Waals surface area contributed by atoms with Gasteiger partial charge in [0.05, 0.1) is 31.9 Å². The molecule has 1 unspecified atom stereocenters. The van der Waals surface area contributed by atoms with E-state index in [4.69, 9.17) is 18.9 Å². The normalized spacial score (nSPS) is 14.0. The molecule has 6 nitrogen and oxygen atoms in total. The van der Waals surface area contributed by atoms with Crippen LogP contribution in [0.3, 0.4) is 0 Å². The third-order valence-corrected chi connectivity index (χ3v) is 5.19. The highest BCUT2D eigenvalue weighted by Gasteiger charge is 2.28. The summed E-state index contributed by atoms with van der Waals surface area (Å²) in [5.74, 6) is 0. The molecule has 0 rings (SSSR count). The molecule has 0 aromatic heterocycles. The van der Waals surface area contributed by atoms with Crippen LogP contribution in [-0.2, 0) is 18.9 Å². The molecule has 0 aromatic carbocycles. The van der Waals surface area contributed by atoms with Crippen LogP contribution >= 0.6 is 0 Å². The van der Waals surface area contributed by atoms with Crippen LogP contribution < -0.4 is 0 Å². The van der Waals surface area contributed by atoms with Crippen molar-refractivity contribution in [1.29, 1.82) is 0 Å². The van der Waals surface area contributed by atoms with E-state index >= 15 is 0 Å². The maximum absolute atomic E-state index is 9.73. The number of rotatable bonds is 23. The van der Waals surface area contributed by atoms with E-state index in [1.54, 1.807) is 0 Å². The quantitative estimate of drug-likeness (QED) is 0.187. The van der Waals surface area contributed by atoms with Crippen molar-refractivity contribution in [3.05, 3.63) is 0 Å². The van der Waals surface area contributed by atoms with E-state index in [1.807, 2.05) is 0 Å². The molecule has 182 valence electrons. The van der Waals surface area contributed by atoms with Crippen LogP contribution in [0.25, 0.3) is 0 Å². The number of nitrogens with zero attached hydrogens (tertiary/aromatic N) is 1. The Morgan fingerprint density at radius 3 is 1.73 bits per heavy atom. The van der Waals surface area contributed by atoms with Crippen molar-refractivity contribution in [2.24, 2.45) is 0 Å². The summed E-state index contributed by atoms with van der Waals surface area (Å²) in [6.45, 7) is 15.5. The first kappa shape index (κ1) is 29.8. The number of hydrogen-bond donors (Lipinski definition) is 1. The van der Waals surface area contributed by atoms with Crippen LogP contribution in [0.1, 0.15) is 86.0 Å².